The molecule has 2 aliphatic heterocycles. The second-order valence-electron chi connectivity index (χ2n) is 7.11. The van der Waals surface area contributed by atoms with Gasteiger partial charge in [0.1, 0.15) is 0 Å². The largest absolute Gasteiger partial charge is 0.379 e. The van der Waals surface area contributed by atoms with Crippen molar-refractivity contribution in [3.63, 3.8) is 0 Å². The molecular formula is C17H24N2O4S. The summed E-state index contributed by atoms with van der Waals surface area (Å²) in [6.07, 6.45) is 1.75. The summed E-state index contributed by atoms with van der Waals surface area (Å²) in [5, 5.41) is 0. The number of carbonyl (C=O) groups excluding carboxylic acids is 1. The smallest absolute Gasteiger partial charge is 0.223 e. The Morgan fingerprint density at radius 3 is 2.50 bits per heavy atom. The number of sulfone groups is 1. The lowest BCUT2D eigenvalue weighted by Gasteiger charge is -2.30. The van der Waals surface area contributed by atoms with Crippen LogP contribution in [0.5, 0.6) is 0 Å². The van der Waals surface area contributed by atoms with Crippen molar-refractivity contribution < 1.29 is 17.9 Å². The third kappa shape index (κ3) is 3.79. The SMILES string of the molecule is CN1C[C@@]2(COCCN(Cc3ccc(S(C)(=O)=O)cc3)C2)CC1=O. The quantitative estimate of drug-likeness (QED) is 0.804. The van der Waals surface area contributed by atoms with E-state index in [0.29, 0.717) is 24.5 Å². The van der Waals surface area contributed by atoms with Crippen LogP contribution in [0.4, 0.5) is 0 Å². The Morgan fingerprint density at radius 1 is 1.21 bits per heavy atom. The zero-order valence-corrected chi connectivity index (χ0v) is 15.0. The van der Waals surface area contributed by atoms with Crippen molar-refractivity contribution in [2.75, 3.05) is 46.2 Å². The summed E-state index contributed by atoms with van der Waals surface area (Å²) < 4.78 is 28.9. The monoisotopic (exact) mass is 352 g/mol. The highest BCUT2D eigenvalue weighted by Crippen LogP contribution is 2.33. The number of likely N-dealkylation sites (tertiary alicyclic amines) is 1. The van der Waals surface area contributed by atoms with E-state index < -0.39 is 9.84 Å². The first-order chi connectivity index (χ1) is 11.3. The van der Waals surface area contributed by atoms with Crippen LogP contribution in [0, 0.1) is 5.41 Å². The van der Waals surface area contributed by atoms with Crippen molar-refractivity contribution in [2.24, 2.45) is 5.41 Å². The van der Waals surface area contributed by atoms with Gasteiger partial charge in [0, 0.05) is 51.3 Å². The van der Waals surface area contributed by atoms with E-state index in [2.05, 4.69) is 4.90 Å². The van der Waals surface area contributed by atoms with Gasteiger partial charge in [0.2, 0.25) is 5.91 Å². The van der Waals surface area contributed by atoms with Crippen LogP contribution in [0.1, 0.15) is 12.0 Å². The fourth-order valence-electron chi connectivity index (χ4n) is 3.62. The van der Waals surface area contributed by atoms with Gasteiger partial charge in [-0.3, -0.25) is 9.69 Å². The molecule has 1 amide bonds. The van der Waals surface area contributed by atoms with E-state index in [4.69, 9.17) is 4.74 Å². The van der Waals surface area contributed by atoms with Crippen molar-refractivity contribution >= 4 is 15.7 Å². The van der Waals surface area contributed by atoms with Crippen LogP contribution in [-0.2, 0) is 25.9 Å². The summed E-state index contributed by atoms with van der Waals surface area (Å²) in [6, 6.07) is 7.03. The molecule has 1 atom stereocenters. The summed E-state index contributed by atoms with van der Waals surface area (Å²) in [7, 11) is -1.32. The van der Waals surface area contributed by atoms with Crippen LogP contribution < -0.4 is 0 Å². The maximum absolute atomic E-state index is 12.0. The zero-order valence-electron chi connectivity index (χ0n) is 14.2. The zero-order chi connectivity index (χ0) is 17.4. The van der Waals surface area contributed by atoms with E-state index in [0.717, 1.165) is 31.7 Å². The maximum Gasteiger partial charge on any atom is 0.223 e. The minimum Gasteiger partial charge on any atom is -0.379 e. The molecule has 0 saturated carbocycles. The molecule has 1 aromatic rings. The summed E-state index contributed by atoms with van der Waals surface area (Å²) in [5.41, 5.74) is 0.937. The minimum absolute atomic E-state index is 0.130. The first-order valence-electron chi connectivity index (χ1n) is 8.11. The number of nitrogens with zero attached hydrogens (tertiary/aromatic N) is 2. The molecule has 7 heteroatoms. The van der Waals surface area contributed by atoms with Crippen LogP contribution in [0.25, 0.3) is 0 Å². The van der Waals surface area contributed by atoms with Crippen molar-refractivity contribution in [1.29, 1.82) is 0 Å². The Hall–Kier alpha value is -1.44. The number of carbonyl (C=O) groups is 1. The van der Waals surface area contributed by atoms with E-state index in [9.17, 15) is 13.2 Å². The Bertz CT molecular complexity index is 717. The first kappa shape index (κ1) is 17.4. The molecular weight excluding hydrogens is 328 g/mol. The molecule has 24 heavy (non-hydrogen) atoms. The minimum atomic E-state index is -3.17. The van der Waals surface area contributed by atoms with Gasteiger partial charge in [-0.15, -0.1) is 0 Å². The number of ether oxygens (including phenoxy) is 1. The standard InChI is InChI=1S/C17H24N2O4S/c1-18-11-17(9-16(18)20)12-19(7-8-23-13-17)10-14-3-5-15(6-4-14)24(2,21)22/h3-6H,7-13H2,1-2H3/t17-/m0/s1. The predicted molar refractivity (Wildman–Crippen MR) is 90.3 cm³/mol. The van der Waals surface area contributed by atoms with Gasteiger partial charge in [-0.2, -0.15) is 0 Å². The Labute approximate surface area is 143 Å². The lowest BCUT2D eigenvalue weighted by Crippen LogP contribution is -2.40. The Kier molecular flexibility index (Phi) is 4.68. The van der Waals surface area contributed by atoms with Gasteiger partial charge < -0.3 is 9.64 Å². The Morgan fingerprint density at radius 2 is 1.92 bits per heavy atom. The molecule has 0 aliphatic carbocycles. The van der Waals surface area contributed by atoms with Gasteiger partial charge in [-0.05, 0) is 17.7 Å². The fraction of sp³-hybridized carbons (Fsp3) is 0.588. The van der Waals surface area contributed by atoms with Crippen molar-refractivity contribution in [1.82, 2.24) is 9.80 Å². The number of hydrogen-bond donors (Lipinski definition) is 0. The summed E-state index contributed by atoms with van der Waals surface area (Å²) in [5.74, 6) is 0.179. The van der Waals surface area contributed by atoms with Crippen LogP contribution in [-0.4, -0.2) is 70.3 Å². The highest BCUT2D eigenvalue weighted by molar-refractivity contribution is 7.90. The van der Waals surface area contributed by atoms with Gasteiger partial charge >= 0.3 is 0 Å². The molecule has 1 spiro atoms. The fourth-order valence-corrected chi connectivity index (χ4v) is 4.25. The maximum atomic E-state index is 12.0. The molecule has 2 fully saturated rings. The average Bonchev–Trinajstić information content (AvgIpc) is 2.66. The van der Waals surface area contributed by atoms with E-state index in [1.54, 1.807) is 17.0 Å². The van der Waals surface area contributed by atoms with Crippen molar-refractivity contribution in [2.45, 2.75) is 17.9 Å². The number of benzene rings is 1. The molecule has 2 saturated heterocycles. The second-order valence-corrected chi connectivity index (χ2v) is 9.12. The van der Waals surface area contributed by atoms with Gasteiger partial charge in [0.05, 0.1) is 18.1 Å². The van der Waals surface area contributed by atoms with E-state index in [1.165, 1.54) is 6.26 Å². The summed E-state index contributed by atoms with van der Waals surface area (Å²) >= 11 is 0. The third-order valence-electron chi connectivity index (χ3n) is 4.80. The molecule has 0 bridgehead atoms. The highest BCUT2D eigenvalue weighted by atomic mass is 32.2. The molecule has 2 heterocycles. The molecule has 132 valence electrons. The number of rotatable bonds is 3. The highest BCUT2D eigenvalue weighted by Gasteiger charge is 2.44. The van der Waals surface area contributed by atoms with Crippen LogP contribution in [0.15, 0.2) is 29.2 Å². The first-order valence-corrected chi connectivity index (χ1v) is 10.00. The molecule has 6 nitrogen and oxygen atoms in total. The summed E-state index contributed by atoms with van der Waals surface area (Å²) in [6.45, 7) is 4.36. The number of hydrogen-bond acceptors (Lipinski definition) is 5. The molecule has 2 aliphatic rings. The molecule has 0 aromatic heterocycles. The van der Waals surface area contributed by atoms with E-state index in [1.807, 2.05) is 19.2 Å². The molecule has 0 unspecified atom stereocenters. The van der Waals surface area contributed by atoms with Gasteiger partial charge in [0.25, 0.3) is 0 Å². The van der Waals surface area contributed by atoms with E-state index >= 15 is 0 Å². The summed E-state index contributed by atoms with van der Waals surface area (Å²) in [4.78, 5) is 16.4. The van der Waals surface area contributed by atoms with Crippen LogP contribution >= 0.6 is 0 Å². The van der Waals surface area contributed by atoms with Gasteiger partial charge in [0.15, 0.2) is 9.84 Å². The average molecular weight is 352 g/mol. The predicted octanol–water partition coefficient (Wildman–Crippen LogP) is 0.771. The van der Waals surface area contributed by atoms with Crippen LogP contribution in [0.3, 0.4) is 0 Å². The normalized spacial score (nSPS) is 26.1. The molecule has 0 N–H and O–H groups in total. The van der Waals surface area contributed by atoms with E-state index in [-0.39, 0.29) is 11.3 Å². The van der Waals surface area contributed by atoms with Crippen molar-refractivity contribution in [3.05, 3.63) is 29.8 Å². The Balaban J connectivity index is 1.71. The van der Waals surface area contributed by atoms with Crippen LogP contribution in [0.2, 0.25) is 0 Å². The van der Waals surface area contributed by atoms with Crippen molar-refractivity contribution in [3.8, 4) is 0 Å². The van der Waals surface area contributed by atoms with Gasteiger partial charge in [-0.1, -0.05) is 12.1 Å². The topological polar surface area (TPSA) is 66.9 Å². The molecule has 1 aromatic carbocycles. The second kappa shape index (κ2) is 6.46. The molecule has 0 radical (unpaired) electrons. The molecule has 3 rings (SSSR count). The lowest BCUT2D eigenvalue weighted by atomic mass is 9.87. The third-order valence-corrected chi connectivity index (χ3v) is 5.93. The number of amides is 1. The lowest BCUT2D eigenvalue weighted by molar-refractivity contribution is -0.126. The van der Waals surface area contributed by atoms with Gasteiger partial charge in [-0.25, -0.2) is 8.42 Å².